The fraction of sp³-hybridized carbons (Fsp3) is 0.222. The first-order valence-electron chi connectivity index (χ1n) is 11.0. The summed E-state index contributed by atoms with van der Waals surface area (Å²) in [6.07, 6.45) is -0.338. The Hall–Kier alpha value is -4.13. The van der Waals surface area contributed by atoms with E-state index in [-0.39, 0.29) is 18.3 Å². The van der Waals surface area contributed by atoms with Crippen molar-refractivity contribution in [1.29, 1.82) is 0 Å². The summed E-state index contributed by atoms with van der Waals surface area (Å²) in [7, 11) is 0. The molecule has 1 N–H and O–H groups in total. The van der Waals surface area contributed by atoms with Gasteiger partial charge in [-0.3, -0.25) is 0 Å². The van der Waals surface area contributed by atoms with E-state index in [0.29, 0.717) is 17.4 Å². The molecule has 0 spiro atoms. The molecule has 1 atom stereocenters. The molecule has 0 radical (unpaired) electrons. The number of ether oxygens (including phenoxy) is 2. The molecule has 7 heteroatoms. The minimum absolute atomic E-state index is 0.0911. The van der Waals surface area contributed by atoms with Crippen molar-refractivity contribution in [3.05, 3.63) is 88.8 Å². The molecule has 0 fully saturated rings. The van der Waals surface area contributed by atoms with Gasteiger partial charge in [0.05, 0.1) is 5.39 Å². The van der Waals surface area contributed by atoms with E-state index in [4.69, 9.17) is 13.9 Å². The normalized spacial score (nSPS) is 12.0. The van der Waals surface area contributed by atoms with Crippen molar-refractivity contribution in [2.24, 2.45) is 5.92 Å². The highest BCUT2D eigenvalue weighted by Gasteiger charge is 2.25. The lowest BCUT2D eigenvalue weighted by Gasteiger charge is -2.19. The van der Waals surface area contributed by atoms with Crippen molar-refractivity contribution < 1.29 is 23.5 Å². The Balaban J connectivity index is 1.49. The Morgan fingerprint density at radius 2 is 1.62 bits per heavy atom. The summed E-state index contributed by atoms with van der Waals surface area (Å²) >= 11 is 0. The van der Waals surface area contributed by atoms with Crippen LogP contribution < -0.4 is 15.7 Å². The number of alkyl carbamates (subject to hydrolysis) is 1. The van der Waals surface area contributed by atoms with Gasteiger partial charge < -0.3 is 19.2 Å². The Bertz CT molecular complexity index is 1380. The lowest BCUT2D eigenvalue weighted by Crippen LogP contribution is -2.44. The molecule has 7 nitrogen and oxygen atoms in total. The van der Waals surface area contributed by atoms with Crippen LogP contribution in [0.4, 0.5) is 4.79 Å². The molecule has 0 unspecified atom stereocenters. The molecule has 34 heavy (non-hydrogen) atoms. The van der Waals surface area contributed by atoms with E-state index in [1.165, 1.54) is 6.07 Å². The molecule has 3 aromatic carbocycles. The third-order valence-corrected chi connectivity index (χ3v) is 5.31. The molecule has 1 heterocycles. The number of hydrogen-bond donors (Lipinski definition) is 1. The number of nitrogens with one attached hydrogen (secondary N) is 1. The smallest absolute Gasteiger partial charge is 0.408 e. The molecular formula is C27H25NO6. The summed E-state index contributed by atoms with van der Waals surface area (Å²) in [5.74, 6) is -0.301. The predicted molar refractivity (Wildman–Crippen MR) is 129 cm³/mol. The summed E-state index contributed by atoms with van der Waals surface area (Å²) in [6.45, 7) is 3.97. The quantitative estimate of drug-likeness (QED) is 0.177. The van der Waals surface area contributed by atoms with E-state index in [1.54, 1.807) is 24.3 Å². The van der Waals surface area contributed by atoms with Crippen molar-refractivity contribution in [2.45, 2.75) is 32.9 Å². The highest BCUT2D eigenvalue weighted by molar-refractivity contribution is 6.04. The summed E-state index contributed by atoms with van der Waals surface area (Å²) in [4.78, 5) is 37.5. The third kappa shape index (κ3) is 5.43. The van der Waals surface area contributed by atoms with Crippen molar-refractivity contribution in [3.8, 4) is 5.75 Å². The van der Waals surface area contributed by atoms with Crippen LogP contribution in [0.25, 0.3) is 21.7 Å². The van der Waals surface area contributed by atoms with Crippen molar-refractivity contribution in [3.63, 3.8) is 0 Å². The van der Waals surface area contributed by atoms with Crippen LogP contribution in [-0.4, -0.2) is 18.1 Å². The standard InChI is InChI=1S/C27H25NO6/c1-17(2)14-23(28-27(31)32-16-18-8-4-3-5-9-18)26(30)33-19-12-13-21-20-10-6-7-11-22(20)25(29)34-24(21)15-19/h3-13,15,17,23H,14,16H2,1-2H3,(H,28,31)/t23-/m1/s1. The largest absolute Gasteiger partial charge is 0.445 e. The van der Waals surface area contributed by atoms with Crippen LogP contribution in [0.2, 0.25) is 0 Å². The number of amides is 1. The maximum atomic E-state index is 12.9. The average molecular weight is 459 g/mol. The van der Waals surface area contributed by atoms with Crippen LogP contribution in [-0.2, 0) is 16.1 Å². The van der Waals surface area contributed by atoms with Gasteiger partial charge in [-0.25, -0.2) is 14.4 Å². The highest BCUT2D eigenvalue weighted by atomic mass is 16.6. The number of rotatable bonds is 7. The number of benzene rings is 3. The van der Waals surface area contributed by atoms with Crippen molar-refractivity contribution in [2.75, 3.05) is 0 Å². The summed E-state index contributed by atoms with van der Waals surface area (Å²) in [6, 6.07) is 20.4. The Labute approximate surface area is 196 Å². The van der Waals surface area contributed by atoms with Gasteiger partial charge in [-0.2, -0.15) is 0 Å². The van der Waals surface area contributed by atoms with Crippen LogP contribution in [0.15, 0.2) is 82.0 Å². The van der Waals surface area contributed by atoms with Crippen LogP contribution >= 0.6 is 0 Å². The molecule has 4 aromatic rings. The van der Waals surface area contributed by atoms with E-state index in [9.17, 15) is 14.4 Å². The number of carbonyl (C=O) groups is 2. The summed E-state index contributed by atoms with van der Waals surface area (Å²) in [5, 5.41) is 4.57. The molecule has 0 saturated carbocycles. The lowest BCUT2D eigenvalue weighted by molar-refractivity contribution is -0.137. The van der Waals surface area contributed by atoms with Gasteiger partial charge in [-0.05, 0) is 41.5 Å². The second-order valence-corrected chi connectivity index (χ2v) is 8.40. The van der Waals surface area contributed by atoms with Crippen LogP contribution in [0.5, 0.6) is 5.75 Å². The van der Waals surface area contributed by atoms with Gasteiger partial charge in [0.15, 0.2) is 0 Å². The minimum atomic E-state index is -0.900. The molecule has 4 rings (SSSR count). The number of fused-ring (bicyclic) bond motifs is 3. The second kappa shape index (κ2) is 10.2. The van der Waals surface area contributed by atoms with E-state index >= 15 is 0 Å². The maximum absolute atomic E-state index is 12.9. The zero-order valence-electron chi connectivity index (χ0n) is 18.9. The molecule has 0 aliphatic heterocycles. The fourth-order valence-corrected chi connectivity index (χ4v) is 3.70. The van der Waals surface area contributed by atoms with Crippen LogP contribution in [0.1, 0.15) is 25.8 Å². The maximum Gasteiger partial charge on any atom is 0.408 e. The summed E-state index contributed by atoms with van der Waals surface area (Å²) in [5.41, 5.74) is 0.683. The van der Waals surface area contributed by atoms with Gasteiger partial charge in [0, 0.05) is 11.5 Å². The van der Waals surface area contributed by atoms with E-state index in [1.807, 2.05) is 56.3 Å². The second-order valence-electron chi connectivity index (χ2n) is 8.40. The SMILES string of the molecule is CC(C)C[C@@H](NC(=O)OCc1ccccc1)C(=O)Oc1ccc2c(c1)oc(=O)c1ccccc12. The average Bonchev–Trinajstić information content (AvgIpc) is 2.83. The molecule has 0 saturated heterocycles. The lowest BCUT2D eigenvalue weighted by atomic mass is 10.0. The van der Waals surface area contributed by atoms with Crippen LogP contribution in [0.3, 0.4) is 0 Å². The van der Waals surface area contributed by atoms with Gasteiger partial charge in [-0.1, -0.05) is 62.4 Å². The zero-order valence-corrected chi connectivity index (χ0v) is 18.9. The van der Waals surface area contributed by atoms with Crippen molar-refractivity contribution in [1.82, 2.24) is 5.32 Å². The van der Waals surface area contributed by atoms with E-state index in [2.05, 4.69) is 5.32 Å². The number of hydrogen-bond acceptors (Lipinski definition) is 6. The van der Waals surface area contributed by atoms with Crippen LogP contribution in [0, 0.1) is 5.92 Å². The Morgan fingerprint density at radius 3 is 2.35 bits per heavy atom. The molecular weight excluding hydrogens is 434 g/mol. The molecule has 1 aromatic heterocycles. The van der Waals surface area contributed by atoms with Crippen molar-refractivity contribution >= 4 is 33.8 Å². The van der Waals surface area contributed by atoms with Gasteiger partial charge in [0.25, 0.3) is 0 Å². The molecule has 0 aliphatic carbocycles. The molecule has 1 amide bonds. The topological polar surface area (TPSA) is 94.8 Å². The highest BCUT2D eigenvalue weighted by Crippen LogP contribution is 2.26. The number of esters is 1. The summed E-state index contributed by atoms with van der Waals surface area (Å²) < 4.78 is 16.2. The predicted octanol–water partition coefficient (Wildman–Crippen LogP) is 5.19. The van der Waals surface area contributed by atoms with Gasteiger partial charge in [-0.15, -0.1) is 0 Å². The Kier molecular flexibility index (Phi) is 6.92. The number of carbonyl (C=O) groups excluding carboxylic acids is 2. The molecule has 0 bridgehead atoms. The van der Waals surface area contributed by atoms with E-state index in [0.717, 1.165) is 16.3 Å². The third-order valence-electron chi connectivity index (χ3n) is 5.31. The first kappa shape index (κ1) is 23.0. The molecule has 174 valence electrons. The Morgan fingerprint density at radius 1 is 0.912 bits per heavy atom. The molecule has 0 aliphatic rings. The van der Waals surface area contributed by atoms with Gasteiger partial charge in [0.2, 0.25) is 0 Å². The monoisotopic (exact) mass is 459 g/mol. The van der Waals surface area contributed by atoms with Gasteiger partial charge >= 0.3 is 17.7 Å². The first-order valence-corrected chi connectivity index (χ1v) is 11.0. The van der Waals surface area contributed by atoms with Gasteiger partial charge in [0.1, 0.15) is 24.0 Å². The van der Waals surface area contributed by atoms with E-state index < -0.39 is 23.7 Å². The zero-order chi connectivity index (χ0) is 24.1. The first-order chi connectivity index (χ1) is 16.4. The fourth-order valence-electron chi connectivity index (χ4n) is 3.70. The minimum Gasteiger partial charge on any atom is -0.445 e.